The summed E-state index contributed by atoms with van der Waals surface area (Å²) in [5.74, 6) is 0.887. The fraction of sp³-hybridized carbons (Fsp3) is 0.524. The molecular weight excluding hydrogens is 449 g/mol. The fourth-order valence-electron chi connectivity index (χ4n) is 2.91. The van der Waals surface area contributed by atoms with Crippen molar-refractivity contribution in [2.24, 2.45) is 12.0 Å². The molecule has 0 bridgehead atoms. The van der Waals surface area contributed by atoms with Crippen molar-refractivity contribution in [3.05, 3.63) is 52.3 Å². The third-order valence-corrected chi connectivity index (χ3v) is 4.69. The second kappa shape index (κ2) is 12.0. The lowest BCUT2D eigenvalue weighted by Crippen LogP contribution is -2.39. The predicted octanol–water partition coefficient (Wildman–Crippen LogP) is 4.04. The zero-order valence-corrected chi connectivity index (χ0v) is 19.6. The smallest absolute Gasteiger partial charge is 0.191 e. The molecule has 0 aliphatic carbocycles. The molecule has 6 heteroatoms. The summed E-state index contributed by atoms with van der Waals surface area (Å²) in [6, 6.07) is 8.56. The fourth-order valence-corrected chi connectivity index (χ4v) is 2.91. The van der Waals surface area contributed by atoms with Gasteiger partial charge in [0, 0.05) is 25.8 Å². The maximum Gasteiger partial charge on any atom is 0.191 e. The molecule has 0 saturated heterocycles. The molecule has 150 valence electrons. The van der Waals surface area contributed by atoms with Crippen molar-refractivity contribution in [2.75, 3.05) is 13.1 Å². The van der Waals surface area contributed by atoms with Gasteiger partial charge in [0.05, 0.1) is 12.2 Å². The second-order valence-corrected chi connectivity index (χ2v) is 6.88. The highest BCUT2D eigenvalue weighted by Crippen LogP contribution is 2.11. The first-order valence-corrected chi connectivity index (χ1v) is 9.58. The third-order valence-electron chi connectivity index (χ3n) is 4.69. The van der Waals surface area contributed by atoms with Gasteiger partial charge in [-0.25, -0.2) is 4.99 Å². The Kier molecular flexibility index (Phi) is 10.4. The Balaban J connectivity index is 0.00000364. The monoisotopic (exact) mass is 483 g/mol. The van der Waals surface area contributed by atoms with Gasteiger partial charge in [0.15, 0.2) is 5.96 Å². The predicted molar refractivity (Wildman–Crippen MR) is 125 cm³/mol. The highest BCUT2D eigenvalue weighted by Gasteiger charge is 2.09. The van der Waals surface area contributed by atoms with Crippen LogP contribution in [0.5, 0.6) is 0 Å². The molecule has 1 aromatic carbocycles. The lowest BCUT2D eigenvalue weighted by atomic mass is 10.1. The van der Waals surface area contributed by atoms with Crippen LogP contribution in [-0.4, -0.2) is 28.8 Å². The Morgan fingerprint density at radius 2 is 1.74 bits per heavy atom. The zero-order chi connectivity index (χ0) is 18.9. The van der Waals surface area contributed by atoms with Gasteiger partial charge in [-0.05, 0) is 44.7 Å². The van der Waals surface area contributed by atoms with E-state index in [-0.39, 0.29) is 24.0 Å². The van der Waals surface area contributed by atoms with E-state index in [1.54, 1.807) is 0 Å². The van der Waals surface area contributed by atoms with Crippen molar-refractivity contribution >= 4 is 29.9 Å². The van der Waals surface area contributed by atoms with E-state index >= 15 is 0 Å². The molecule has 2 N–H and O–H groups in total. The summed E-state index contributed by atoms with van der Waals surface area (Å²) in [5.41, 5.74) is 6.18. The lowest BCUT2D eigenvalue weighted by Gasteiger charge is -2.13. The first-order valence-electron chi connectivity index (χ1n) is 9.58. The van der Waals surface area contributed by atoms with E-state index in [1.807, 2.05) is 11.7 Å². The first kappa shape index (κ1) is 23.5. The molecule has 0 amide bonds. The van der Waals surface area contributed by atoms with Gasteiger partial charge < -0.3 is 10.6 Å². The molecule has 0 aliphatic heterocycles. The Bertz CT molecular complexity index is 719. The van der Waals surface area contributed by atoms with Gasteiger partial charge in [-0.1, -0.05) is 43.2 Å². The van der Waals surface area contributed by atoms with Crippen molar-refractivity contribution in [3.63, 3.8) is 0 Å². The lowest BCUT2D eigenvalue weighted by molar-refractivity contribution is 0.719. The number of hydrogen-bond acceptors (Lipinski definition) is 2. The molecule has 0 fully saturated rings. The minimum Gasteiger partial charge on any atom is -0.356 e. The molecule has 0 unspecified atom stereocenters. The van der Waals surface area contributed by atoms with Crippen LogP contribution in [0.2, 0.25) is 0 Å². The van der Waals surface area contributed by atoms with Crippen molar-refractivity contribution in [1.29, 1.82) is 0 Å². The van der Waals surface area contributed by atoms with Gasteiger partial charge in [-0.3, -0.25) is 4.68 Å². The topological polar surface area (TPSA) is 54.2 Å². The molecular formula is C21H34IN5. The average molecular weight is 483 g/mol. The van der Waals surface area contributed by atoms with E-state index in [4.69, 9.17) is 4.99 Å². The first-order chi connectivity index (χ1) is 12.5. The number of hydrogen-bond donors (Lipinski definition) is 2. The van der Waals surface area contributed by atoms with Crippen LogP contribution < -0.4 is 10.6 Å². The SMILES string of the molecule is CCCCNC(=NCc1ccc(C)cc1)NCCc1c(C)nn(C)c1C.I. The molecule has 0 aliphatic rings. The van der Waals surface area contributed by atoms with Crippen LogP contribution >= 0.6 is 24.0 Å². The van der Waals surface area contributed by atoms with Crippen LogP contribution in [0.15, 0.2) is 29.3 Å². The molecule has 0 radical (unpaired) electrons. The number of aryl methyl sites for hydroxylation is 3. The van der Waals surface area contributed by atoms with E-state index in [0.29, 0.717) is 6.54 Å². The average Bonchev–Trinajstić information content (AvgIpc) is 2.86. The van der Waals surface area contributed by atoms with Crippen molar-refractivity contribution in [1.82, 2.24) is 20.4 Å². The van der Waals surface area contributed by atoms with Crippen LogP contribution in [-0.2, 0) is 20.0 Å². The van der Waals surface area contributed by atoms with Gasteiger partial charge in [-0.2, -0.15) is 5.10 Å². The van der Waals surface area contributed by atoms with E-state index in [2.05, 4.69) is 67.7 Å². The number of guanidine groups is 1. The molecule has 27 heavy (non-hydrogen) atoms. The Morgan fingerprint density at radius 1 is 1.07 bits per heavy atom. The summed E-state index contributed by atoms with van der Waals surface area (Å²) in [7, 11) is 2.00. The van der Waals surface area contributed by atoms with Gasteiger partial charge in [-0.15, -0.1) is 24.0 Å². The summed E-state index contributed by atoms with van der Waals surface area (Å²) in [4.78, 5) is 4.75. The number of benzene rings is 1. The Hall–Kier alpha value is -1.57. The number of aromatic nitrogens is 2. The van der Waals surface area contributed by atoms with Crippen molar-refractivity contribution in [3.8, 4) is 0 Å². The Morgan fingerprint density at radius 3 is 2.33 bits per heavy atom. The molecule has 1 heterocycles. The highest BCUT2D eigenvalue weighted by atomic mass is 127. The van der Waals surface area contributed by atoms with Crippen LogP contribution in [0.4, 0.5) is 0 Å². The maximum atomic E-state index is 4.75. The van der Waals surface area contributed by atoms with Crippen LogP contribution in [0.25, 0.3) is 0 Å². The highest BCUT2D eigenvalue weighted by molar-refractivity contribution is 14.0. The second-order valence-electron chi connectivity index (χ2n) is 6.88. The van der Waals surface area contributed by atoms with Crippen LogP contribution in [0, 0.1) is 20.8 Å². The number of aliphatic imine (C=N–C) groups is 1. The molecule has 1 aromatic heterocycles. The number of unbranched alkanes of at least 4 members (excludes halogenated alkanes) is 1. The molecule has 0 atom stereocenters. The van der Waals surface area contributed by atoms with E-state index in [9.17, 15) is 0 Å². The maximum absolute atomic E-state index is 4.75. The van der Waals surface area contributed by atoms with Gasteiger partial charge >= 0.3 is 0 Å². The number of nitrogens with zero attached hydrogens (tertiary/aromatic N) is 3. The van der Waals surface area contributed by atoms with Gasteiger partial charge in [0.1, 0.15) is 0 Å². The summed E-state index contributed by atoms with van der Waals surface area (Å²) in [6.45, 7) is 11.0. The van der Waals surface area contributed by atoms with E-state index in [0.717, 1.165) is 37.6 Å². The molecule has 5 nitrogen and oxygen atoms in total. The van der Waals surface area contributed by atoms with Crippen LogP contribution in [0.1, 0.15) is 47.8 Å². The van der Waals surface area contributed by atoms with Crippen molar-refractivity contribution < 1.29 is 0 Å². The normalized spacial score (nSPS) is 11.2. The number of halogens is 1. The van der Waals surface area contributed by atoms with Crippen molar-refractivity contribution in [2.45, 2.75) is 53.5 Å². The van der Waals surface area contributed by atoms with E-state index in [1.165, 1.54) is 28.8 Å². The minimum atomic E-state index is 0. The minimum absolute atomic E-state index is 0. The summed E-state index contributed by atoms with van der Waals surface area (Å²) < 4.78 is 1.95. The number of nitrogens with one attached hydrogen (secondary N) is 2. The standard InChI is InChI=1S/C21H33N5.HI/c1-6-7-13-22-21(24-15-19-10-8-16(2)9-11-19)23-14-12-20-17(3)25-26(5)18(20)4;/h8-11H,6-7,12-15H2,1-5H3,(H2,22,23,24);1H. The molecule has 2 rings (SSSR count). The number of rotatable bonds is 8. The van der Waals surface area contributed by atoms with Gasteiger partial charge in [0.2, 0.25) is 0 Å². The zero-order valence-electron chi connectivity index (χ0n) is 17.3. The summed E-state index contributed by atoms with van der Waals surface area (Å²) >= 11 is 0. The molecule has 2 aromatic rings. The van der Waals surface area contributed by atoms with Gasteiger partial charge in [0.25, 0.3) is 0 Å². The van der Waals surface area contributed by atoms with Crippen LogP contribution in [0.3, 0.4) is 0 Å². The quantitative estimate of drug-likeness (QED) is 0.258. The molecule has 0 saturated carbocycles. The summed E-state index contributed by atoms with van der Waals surface area (Å²) in [5, 5.41) is 11.4. The third kappa shape index (κ3) is 7.52. The Labute approximate surface area is 181 Å². The molecule has 0 spiro atoms. The van der Waals surface area contributed by atoms with E-state index < -0.39 is 0 Å². The largest absolute Gasteiger partial charge is 0.356 e. The summed E-state index contributed by atoms with van der Waals surface area (Å²) in [6.07, 6.45) is 3.27.